The van der Waals surface area contributed by atoms with Crippen LogP contribution in [0.2, 0.25) is 0 Å². The molecule has 0 aliphatic carbocycles. The van der Waals surface area contributed by atoms with Crippen molar-refractivity contribution in [2.24, 2.45) is 0 Å². The van der Waals surface area contributed by atoms with E-state index in [4.69, 9.17) is 4.74 Å². The van der Waals surface area contributed by atoms with E-state index in [0.29, 0.717) is 12.4 Å². The molecule has 0 fully saturated rings. The summed E-state index contributed by atoms with van der Waals surface area (Å²) >= 11 is 0. The number of esters is 1. The fourth-order valence-electron chi connectivity index (χ4n) is 1.50. The second kappa shape index (κ2) is 3.16. The Labute approximate surface area is 75.7 Å². The Morgan fingerprint density at radius 2 is 2.46 bits per heavy atom. The summed E-state index contributed by atoms with van der Waals surface area (Å²) in [6.07, 6.45) is 1.95. The van der Waals surface area contributed by atoms with E-state index in [9.17, 15) is 4.79 Å². The first-order valence-corrected chi connectivity index (χ1v) is 4.42. The van der Waals surface area contributed by atoms with Gasteiger partial charge in [-0.25, -0.2) is 4.79 Å². The number of ether oxygens (including phenoxy) is 1. The molecule has 0 amide bonds. The van der Waals surface area contributed by atoms with Gasteiger partial charge in [-0.05, 0) is 13.3 Å². The van der Waals surface area contributed by atoms with Crippen molar-refractivity contribution in [3.05, 3.63) is 11.6 Å². The van der Waals surface area contributed by atoms with E-state index < -0.39 is 0 Å². The minimum Gasteiger partial charge on any atom is -0.460 e. The summed E-state index contributed by atoms with van der Waals surface area (Å²) in [5.41, 5.74) is 0. The van der Waals surface area contributed by atoms with Crippen molar-refractivity contribution in [1.29, 1.82) is 0 Å². The fraction of sp³-hybridized carbons (Fsp3) is 0.625. The Morgan fingerprint density at radius 3 is 3.23 bits per heavy atom. The third kappa shape index (κ3) is 1.30. The van der Waals surface area contributed by atoms with Gasteiger partial charge in [0, 0.05) is 13.0 Å². The second-order valence-corrected chi connectivity index (χ2v) is 2.92. The van der Waals surface area contributed by atoms with Crippen molar-refractivity contribution >= 4 is 5.97 Å². The maximum Gasteiger partial charge on any atom is 0.376 e. The lowest BCUT2D eigenvalue weighted by molar-refractivity contribution is 0.0506. The fourth-order valence-corrected chi connectivity index (χ4v) is 1.50. The molecular formula is C8H11N3O2. The molecule has 2 rings (SSSR count). The highest BCUT2D eigenvalue weighted by atomic mass is 16.5. The zero-order chi connectivity index (χ0) is 9.26. The quantitative estimate of drug-likeness (QED) is 0.620. The van der Waals surface area contributed by atoms with Crippen LogP contribution in [0.25, 0.3) is 0 Å². The topological polar surface area (TPSA) is 57.0 Å². The molecule has 0 atom stereocenters. The zero-order valence-corrected chi connectivity index (χ0v) is 7.49. The predicted molar refractivity (Wildman–Crippen MR) is 44.3 cm³/mol. The summed E-state index contributed by atoms with van der Waals surface area (Å²) < 4.78 is 6.68. The molecular weight excluding hydrogens is 170 g/mol. The van der Waals surface area contributed by atoms with Crippen molar-refractivity contribution in [3.63, 3.8) is 0 Å². The van der Waals surface area contributed by atoms with Crippen molar-refractivity contribution in [1.82, 2.24) is 14.8 Å². The lowest BCUT2D eigenvalue weighted by Crippen LogP contribution is -2.12. The molecule has 13 heavy (non-hydrogen) atoms. The van der Waals surface area contributed by atoms with Gasteiger partial charge in [0.1, 0.15) is 5.82 Å². The number of nitrogens with zero attached hydrogens (tertiary/aromatic N) is 3. The molecule has 1 aromatic rings. The summed E-state index contributed by atoms with van der Waals surface area (Å²) in [6, 6.07) is 0. The average Bonchev–Trinajstić information content (AvgIpc) is 2.62. The van der Waals surface area contributed by atoms with Gasteiger partial charge in [0.15, 0.2) is 0 Å². The maximum absolute atomic E-state index is 11.3. The largest absolute Gasteiger partial charge is 0.460 e. The van der Waals surface area contributed by atoms with Gasteiger partial charge >= 0.3 is 5.97 Å². The van der Waals surface area contributed by atoms with Crippen LogP contribution in [0, 0.1) is 0 Å². The number of rotatable bonds is 2. The van der Waals surface area contributed by atoms with Gasteiger partial charge in [-0.15, -0.1) is 10.2 Å². The van der Waals surface area contributed by atoms with Crippen molar-refractivity contribution in [2.75, 3.05) is 6.61 Å². The molecule has 0 saturated heterocycles. The van der Waals surface area contributed by atoms with Crippen molar-refractivity contribution in [2.45, 2.75) is 26.3 Å². The van der Waals surface area contributed by atoms with Crippen LogP contribution in [0.15, 0.2) is 0 Å². The molecule has 0 unspecified atom stereocenters. The van der Waals surface area contributed by atoms with Crippen molar-refractivity contribution < 1.29 is 9.53 Å². The van der Waals surface area contributed by atoms with E-state index in [-0.39, 0.29) is 5.97 Å². The Bertz CT molecular complexity index is 332. The molecule has 0 saturated carbocycles. The normalized spacial score (nSPS) is 14.2. The average molecular weight is 181 g/mol. The SMILES string of the molecule is CCOC(=O)c1nnc2n1CCC2. The summed E-state index contributed by atoms with van der Waals surface area (Å²) in [4.78, 5) is 11.3. The lowest BCUT2D eigenvalue weighted by Gasteiger charge is -2.01. The van der Waals surface area contributed by atoms with Gasteiger partial charge in [0.25, 0.3) is 0 Å². The van der Waals surface area contributed by atoms with E-state index in [2.05, 4.69) is 10.2 Å². The number of fused-ring (bicyclic) bond motifs is 1. The summed E-state index contributed by atoms with van der Waals surface area (Å²) in [7, 11) is 0. The highest BCUT2D eigenvalue weighted by Gasteiger charge is 2.22. The maximum atomic E-state index is 11.3. The number of carbonyl (C=O) groups is 1. The molecule has 70 valence electrons. The first-order chi connectivity index (χ1) is 6.33. The summed E-state index contributed by atoms with van der Waals surface area (Å²) in [5.74, 6) is 0.862. The van der Waals surface area contributed by atoms with Gasteiger partial charge < -0.3 is 9.30 Å². The molecule has 2 heterocycles. The van der Waals surface area contributed by atoms with E-state index >= 15 is 0 Å². The van der Waals surface area contributed by atoms with E-state index in [1.807, 2.05) is 4.57 Å². The van der Waals surface area contributed by atoms with Gasteiger partial charge in [-0.3, -0.25) is 0 Å². The Morgan fingerprint density at radius 1 is 1.62 bits per heavy atom. The van der Waals surface area contributed by atoms with Crippen LogP contribution in [-0.4, -0.2) is 27.3 Å². The zero-order valence-electron chi connectivity index (χ0n) is 7.49. The first-order valence-electron chi connectivity index (χ1n) is 4.42. The van der Waals surface area contributed by atoms with Gasteiger partial charge in [-0.1, -0.05) is 0 Å². The Kier molecular flexibility index (Phi) is 2.00. The summed E-state index contributed by atoms with van der Waals surface area (Å²) in [6.45, 7) is 2.98. The molecule has 0 N–H and O–H groups in total. The number of aryl methyl sites for hydroxylation is 1. The number of hydrogen-bond donors (Lipinski definition) is 0. The van der Waals surface area contributed by atoms with E-state index in [1.54, 1.807) is 6.92 Å². The van der Waals surface area contributed by atoms with Crippen LogP contribution < -0.4 is 0 Å². The Balaban J connectivity index is 2.26. The minimum absolute atomic E-state index is 0.342. The molecule has 1 aliphatic heterocycles. The Hall–Kier alpha value is -1.39. The molecule has 1 aliphatic rings. The smallest absolute Gasteiger partial charge is 0.376 e. The third-order valence-corrected chi connectivity index (χ3v) is 2.07. The highest BCUT2D eigenvalue weighted by molar-refractivity contribution is 5.85. The highest BCUT2D eigenvalue weighted by Crippen LogP contribution is 2.14. The third-order valence-electron chi connectivity index (χ3n) is 2.07. The van der Waals surface area contributed by atoms with Gasteiger partial charge in [0.2, 0.25) is 5.82 Å². The second-order valence-electron chi connectivity index (χ2n) is 2.92. The van der Waals surface area contributed by atoms with Gasteiger partial charge in [-0.2, -0.15) is 0 Å². The van der Waals surface area contributed by atoms with Crippen molar-refractivity contribution in [3.8, 4) is 0 Å². The van der Waals surface area contributed by atoms with E-state index in [0.717, 1.165) is 25.2 Å². The van der Waals surface area contributed by atoms with Crippen LogP contribution in [0.5, 0.6) is 0 Å². The van der Waals surface area contributed by atoms with Gasteiger partial charge in [0.05, 0.1) is 6.61 Å². The monoisotopic (exact) mass is 181 g/mol. The molecule has 0 aromatic carbocycles. The standard InChI is InChI=1S/C8H11N3O2/c1-2-13-8(12)7-10-9-6-4-3-5-11(6)7/h2-5H2,1H3. The molecule has 0 bridgehead atoms. The summed E-state index contributed by atoms with van der Waals surface area (Å²) in [5, 5.41) is 7.71. The number of carbonyl (C=O) groups excluding carboxylic acids is 1. The van der Waals surface area contributed by atoms with Crippen LogP contribution in [0.1, 0.15) is 29.8 Å². The molecule has 5 heteroatoms. The first kappa shape index (κ1) is 8.22. The van der Waals surface area contributed by atoms with Crippen LogP contribution in [0.3, 0.4) is 0 Å². The molecule has 5 nitrogen and oxygen atoms in total. The van der Waals surface area contributed by atoms with Crippen LogP contribution in [0.4, 0.5) is 0 Å². The molecule has 0 radical (unpaired) electrons. The minimum atomic E-state index is -0.372. The molecule has 1 aromatic heterocycles. The van der Waals surface area contributed by atoms with Crippen LogP contribution >= 0.6 is 0 Å². The lowest BCUT2D eigenvalue weighted by atomic mass is 10.4. The van der Waals surface area contributed by atoms with E-state index in [1.165, 1.54) is 0 Å². The predicted octanol–water partition coefficient (Wildman–Crippen LogP) is 0.401. The number of hydrogen-bond acceptors (Lipinski definition) is 4. The number of aromatic nitrogens is 3. The van der Waals surface area contributed by atoms with Crippen LogP contribution in [-0.2, 0) is 17.7 Å². The molecule has 0 spiro atoms.